The van der Waals surface area contributed by atoms with Gasteiger partial charge in [0.25, 0.3) is 0 Å². The number of H-pyrrole nitrogens is 1. The Bertz CT molecular complexity index is 262. The summed E-state index contributed by atoms with van der Waals surface area (Å²) >= 11 is 1.81. The van der Waals surface area contributed by atoms with E-state index in [1.165, 1.54) is 19.3 Å². The average molecular weight is 212 g/mol. The van der Waals surface area contributed by atoms with E-state index in [4.69, 9.17) is 0 Å². The number of hydrogen-bond acceptors (Lipinski definition) is 4. The molecule has 1 heterocycles. The van der Waals surface area contributed by atoms with Crippen LogP contribution in [0, 0.1) is 0 Å². The molecule has 0 aliphatic heterocycles. The molecular weight excluding hydrogens is 196 g/mol. The predicted molar refractivity (Wildman–Crippen MR) is 57.3 cm³/mol. The highest BCUT2D eigenvalue weighted by Crippen LogP contribution is 2.32. The van der Waals surface area contributed by atoms with E-state index in [1.807, 2.05) is 11.8 Å². The summed E-state index contributed by atoms with van der Waals surface area (Å²) in [5, 5.41) is 11.9. The maximum Gasteiger partial charge on any atom is 0.183 e. The summed E-state index contributed by atoms with van der Waals surface area (Å²) in [6.07, 6.45) is 5.46. The Labute approximate surface area is 88.3 Å². The van der Waals surface area contributed by atoms with Crippen molar-refractivity contribution in [3.05, 3.63) is 6.33 Å². The largest absolute Gasteiger partial charge is 0.313 e. The van der Waals surface area contributed by atoms with Crippen LogP contribution in [0.25, 0.3) is 0 Å². The molecule has 0 radical (unpaired) electrons. The Balaban J connectivity index is 1.90. The maximum atomic E-state index is 4.14. The van der Waals surface area contributed by atoms with Gasteiger partial charge in [0.1, 0.15) is 6.33 Å². The lowest BCUT2D eigenvalue weighted by Gasteiger charge is -2.18. The van der Waals surface area contributed by atoms with Crippen molar-refractivity contribution >= 4 is 11.8 Å². The lowest BCUT2D eigenvalue weighted by molar-refractivity contribution is 0.550. The van der Waals surface area contributed by atoms with E-state index in [0.29, 0.717) is 11.3 Å². The number of nitrogens with one attached hydrogen (secondary N) is 2. The SMILES string of the molecule is CCNC1CCCC1Sc1ncn[nH]1. The van der Waals surface area contributed by atoms with E-state index in [9.17, 15) is 0 Å². The number of thioether (sulfide) groups is 1. The van der Waals surface area contributed by atoms with Gasteiger partial charge in [0.05, 0.1) is 0 Å². The van der Waals surface area contributed by atoms with Gasteiger partial charge in [0, 0.05) is 11.3 Å². The quantitative estimate of drug-likeness (QED) is 0.792. The highest BCUT2D eigenvalue weighted by atomic mass is 32.2. The van der Waals surface area contributed by atoms with Gasteiger partial charge < -0.3 is 5.32 Å². The first-order valence-electron chi connectivity index (χ1n) is 5.15. The molecular formula is C9H16N4S. The van der Waals surface area contributed by atoms with Crippen LogP contribution in [0.1, 0.15) is 26.2 Å². The van der Waals surface area contributed by atoms with Gasteiger partial charge in [0.2, 0.25) is 0 Å². The summed E-state index contributed by atoms with van der Waals surface area (Å²) in [7, 11) is 0. The van der Waals surface area contributed by atoms with Crippen LogP contribution in [0.3, 0.4) is 0 Å². The molecule has 1 saturated carbocycles. The fourth-order valence-electron chi connectivity index (χ4n) is 1.96. The van der Waals surface area contributed by atoms with Crippen molar-refractivity contribution in [2.75, 3.05) is 6.54 Å². The molecule has 78 valence electrons. The molecule has 2 unspecified atom stereocenters. The summed E-state index contributed by atoms with van der Waals surface area (Å²) in [6.45, 7) is 3.21. The van der Waals surface area contributed by atoms with Gasteiger partial charge in [-0.15, -0.1) is 0 Å². The van der Waals surface area contributed by atoms with Crippen LogP contribution in [0.2, 0.25) is 0 Å². The van der Waals surface area contributed by atoms with E-state index in [2.05, 4.69) is 27.4 Å². The molecule has 14 heavy (non-hydrogen) atoms. The van der Waals surface area contributed by atoms with E-state index < -0.39 is 0 Å². The second kappa shape index (κ2) is 4.79. The molecule has 0 aromatic carbocycles. The average Bonchev–Trinajstić information content (AvgIpc) is 2.80. The molecule has 2 N–H and O–H groups in total. The lowest BCUT2D eigenvalue weighted by atomic mass is 10.2. The summed E-state index contributed by atoms with van der Waals surface area (Å²) < 4.78 is 0. The predicted octanol–water partition coefficient (Wildman–Crippen LogP) is 1.43. The molecule has 1 aliphatic rings. The van der Waals surface area contributed by atoms with Gasteiger partial charge >= 0.3 is 0 Å². The van der Waals surface area contributed by atoms with Gasteiger partial charge in [0.15, 0.2) is 5.16 Å². The first-order chi connectivity index (χ1) is 6.90. The van der Waals surface area contributed by atoms with E-state index in [1.54, 1.807) is 6.33 Å². The highest BCUT2D eigenvalue weighted by Gasteiger charge is 2.27. The Morgan fingerprint density at radius 2 is 2.57 bits per heavy atom. The lowest BCUT2D eigenvalue weighted by Crippen LogP contribution is -2.33. The molecule has 2 atom stereocenters. The van der Waals surface area contributed by atoms with Crippen molar-refractivity contribution in [2.45, 2.75) is 42.6 Å². The Morgan fingerprint density at radius 3 is 3.29 bits per heavy atom. The van der Waals surface area contributed by atoms with Crippen LogP contribution >= 0.6 is 11.8 Å². The molecule has 0 saturated heterocycles. The molecule has 0 amide bonds. The number of aromatic amines is 1. The van der Waals surface area contributed by atoms with Crippen molar-refractivity contribution in [3.8, 4) is 0 Å². The van der Waals surface area contributed by atoms with Gasteiger partial charge in [-0.2, -0.15) is 5.10 Å². The highest BCUT2D eigenvalue weighted by molar-refractivity contribution is 7.99. The van der Waals surface area contributed by atoms with Crippen molar-refractivity contribution in [1.82, 2.24) is 20.5 Å². The van der Waals surface area contributed by atoms with Gasteiger partial charge in [-0.1, -0.05) is 25.1 Å². The Kier molecular flexibility index (Phi) is 3.42. The fraction of sp³-hybridized carbons (Fsp3) is 0.778. The molecule has 1 aliphatic carbocycles. The first kappa shape index (κ1) is 9.98. The third kappa shape index (κ3) is 2.27. The normalized spacial score (nSPS) is 26.9. The maximum absolute atomic E-state index is 4.14. The van der Waals surface area contributed by atoms with Crippen molar-refractivity contribution in [1.29, 1.82) is 0 Å². The van der Waals surface area contributed by atoms with Crippen molar-refractivity contribution in [2.24, 2.45) is 0 Å². The minimum absolute atomic E-state index is 0.648. The smallest absolute Gasteiger partial charge is 0.183 e. The zero-order valence-corrected chi connectivity index (χ0v) is 9.18. The Morgan fingerprint density at radius 1 is 1.64 bits per heavy atom. The summed E-state index contributed by atoms with van der Waals surface area (Å²) in [5.41, 5.74) is 0. The molecule has 0 bridgehead atoms. The molecule has 1 fully saturated rings. The molecule has 5 heteroatoms. The van der Waals surface area contributed by atoms with Crippen LogP contribution in [0.4, 0.5) is 0 Å². The summed E-state index contributed by atoms with van der Waals surface area (Å²) in [4.78, 5) is 4.14. The zero-order valence-electron chi connectivity index (χ0n) is 8.36. The van der Waals surface area contributed by atoms with Gasteiger partial charge in [-0.25, -0.2) is 4.98 Å². The topological polar surface area (TPSA) is 53.6 Å². The van der Waals surface area contributed by atoms with E-state index in [0.717, 1.165) is 11.7 Å². The number of rotatable bonds is 4. The number of hydrogen-bond donors (Lipinski definition) is 2. The minimum Gasteiger partial charge on any atom is -0.313 e. The molecule has 1 aromatic rings. The molecule has 4 nitrogen and oxygen atoms in total. The Hall–Kier alpha value is -0.550. The monoisotopic (exact) mass is 212 g/mol. The van der Waals surface area contributed by atoms with Crippen LogP contribution in [0.15, 0.2) is 11.5 Å². The van der Waals surface area contributed by atoms with Gasteiger partial charge in [-0.3, -0.25) is 5.10 Å². The third-order valence-electron chi connectivity index (χ3n) is 2.57. The fourth-order valence-corrected chi connectivity index (χ4v) is 3.14. The zero-order chi connectivity index (χ0) is 9.80. The van der Waals surface area contributed by atoms with Crippen molar-refractivity contribution < 1.29 is 0 Å². The summed E-state index contributed by atoms with van der Waals surface area (Å²) in [6, 6.07) is 0.648. The minimum atomic E-state index is 0.648. The standard InChI is InChI=1S/C9H16N4S/c1-2-10-7-4-3-5-8(7)14-9-11-6-12-13-9/h6-8,10H,2-5H2,1H3,(H,11,12,13). The first-order valence-corrected chi connectivity index (χ1v) is 6.03. The third-order valence-corrected chi connectivity index (χ3v) is 3.86. The second-order valence-electron chi connectivity index (χ2n) is 3.54. The van der Waals surface area contributed by atoms with E-state index in [-0.39, 0.29) is 0 Å². The summed E-state index contributed by atoms with van der Waals surface area (Å²) in [5.74, 6) is 0. The van der Waals surface area contributed by atoms with Crippen LogP contribution in [-0.2, 0) is 0 Å². The molecule has 1 aromatic heterocycles. The van der Waals surface area contributed by atoms with Crippen LogP contribution < -0.4 is 5.32 Å². The second-order valence-corrected chi connectivity index (χ2v) is 4.77. The number of nitrogens with zero attached hydrogens (tertiary/aromatic N) is 2. The number of aromatic nitrogens is 3. The van der Waals surface area contributed by atoms with Crippen molar-refractivity contribution in [3.63, 3.8) is 0 Å². The van der Waals surface area contributed by atoms with Gasteiger partial charge in [-0.05, 0) is 19.4 Å². The van der Waals surface area contributed by atoms with Crippen LogP contribution in [-0.4, -0.2) is 33.0 Å². The molecule has 0 spiro atoms. The molecule has 2 rings (SSSR count). The van der Waals surface area contributed by atoms with Crippen LogP contribution in [0.5, 0.6) is 0 Å². The van der Waals surface area contributed by atoms with E-state index >= 15 is 0 Å².